The van der Waals surface area contributed by atoms with Crippen LogP contribution >= 0.6 is 23.2 Å². The summed E-state index contributed by atoms with van der Waals surface area (Å²) >= 11 is 13.0. The van der Waals surface area contributed by atoms with Gasteiger partial charge in [-0.05, 0) is 50.6 Å². The molecule has 9 heteroatoms. The van der Waals surface area contributed by atoms with E-state index in [9.17, 15) is 9.18 Å². The van der Waals surface area contributed by atoms with Gasteiger partial charge in [0, 0.05) is 30.1 Å². The van der Waals surface area contributed by atoms with E-state index in [1.807, 2.05) is 20.8 Å². The number of nitrogens with zero attached hydrogens (tertiary/aromatic N) is 1. The van der Waals surface area contributed by atoms with Crippen LogP contribution in [0.4, 0.5) is 10.2 Å². The van der Waals surface area contributed by atoms with Crippen LogP contribution in [0.2, 0.25) is 10.0 Å². The van der Waals surface area contributed by atoms with E-state index in [1.54, 1.807) is 24.3 Å². The molecule has 3 aromatic rings. The summed E-state index contributed by atoms with van der Waals surface area (Å²) in [7, 11) is 2.97. The smallest absolute Gasteiger partial charge is 0.204 e. The van der Waals surface area contributed by atoms with Crippen LogP contribution in [0.5, 0.6) is 17.2 Å². The molecule has 0 fully saturated rings. The van der Waals surface area contributed by atoms with E-state index >= 15 is 0 Å². The summed E-state index contributed by atoms with van der Waals surface area (Å²) in [6, 6.07) is 9.41. The molecule has 6 nitrogen and oxygen atoms in total. The minimum atomic E-state index is -0.309. The standard InChI is InChI=1S/C27H29Cl2FN2O4/c1-27(2,3)32-26-23(29)19(20(28)15-31-26)14-21(33)18-10-11-22(34-4)25(35-5)24(18)36-13-12-16-6-8-17(30)9-7-16/h6-11,15H,12-14H2,1-5H3,(H,31,32). The molecule has 0 radical (unpaired) electrons. The Balaban J connectivity index is 1.91. The van der Waals surface area contributed by atoms with Gasteiger partial charge >= 0.3 is 0 Å². The Kier molecular flexibility index (Phi) is 9.03. The Morgan fingerprint density at radius 1 is 1.03 bits per heavy atom. The quantitative estimate of drug-likeness (QED) is 0.288. The predicted molar refractivity (Wildman–Crippen MR) is 141 cm³/mol. The first-order valence-electron chi connectivity index (χ1n) is 11.3. The lowest BCUT2D eigenvalue weighted by Crippen LogP contribution is -2.27. The number of hydrogen-bond acceptors (Lipinski definition) is 6. The highest BCUT2D eigenvalue weighted by atomic mass is 35.5. The van der Waals surface area contributed by atoms with Crippen LogP contribution in [-0.4, -0.2) is 37.1 Å². The second-order valence-corrected chi connectivity index (χ2v) is 9.91. The van der Waals surface area contributed by atoms with E-state index in [2.05, 4.69) is 10.3 Å². The third-order valence-electron chi connectivity index (χ3n) is 5.25. The number of rotatable bonds is 10. The highest BCUT2D eigenvalue weighted by molar-refractivity contribution is 6.37. The second-order valence-electron chi connectivity index (χ2n) is 9.12. The number of ether oxygens (including phenoxy) is 3. The molecule has 0 aliphatic rings. The largest absolute Gasteiger partial charge is 0.493 e. The molecule has 0 unspecified atom stereocenters. The van der Waals surface area contributed by atoms with Crippen LogP contribution in [0.3, 0.4) is 0 Å². The van der Waals surface area contributed by atoms with Crippen molar-refractivity contribution in [2.45, 2.75) is 39.2 Å². The summed E-state index contributed by atoms with van der Waals surface area (Å²) in [5.74, 6) is 0.824. The molecule has 0 spiro atoms. The molecule has 1 N–H and O–H groups in total. The van der Waals surface area contributed by atoms with E-state index in [4.69, 9.17) is 37.4 Å². The van der Waals surface area contributed by atoms with Crippen molar-refractivity contribution in [1.29, 1.82) is 0 Å². The van der Waals surface area contributed by atoms with Crippen LogP contribution in [0.1, 0.15) is 42.3 Å². The van der Waals surface area contributed by atoms with Gasteiger partial charge in [-0.15, -0.1) is 0 Å². The SMILES string of the molecule is COc1ccc(C(=O)Cc2c(Cl)cnc(NC(C)(C)C)c2Cl)c(OCCc2ccc(F)cc2)c1OC. The summed E-state index contributed by atoms with van der Waals surface area (Å²) in [5.41, 5.74) is 1.35. The maximum Gasteiger partial charge on any atom is 0.204 e. The van der Waals surface area contributed by atoms with Crippen LogP contribution in [0, 0.1) is 5.82 Å². The van der Waals surface area contributed by atoms with Gasteiger partial charge in [-0.3, -0.25) is 4.79 Å². The van der Waals surface area contributed by atoms with Crippen LogP contribution < -0.4 is 19.5 Å². The fraction of sp³-hybridized carbons (Fsp3) is 0.333. The van der Waals surface area contributed by atoms with Crippen LogP contribution in [0.15, 0.2) is 42.6 Å². The Hall–Kier alpha value is -3.03. The van der Waals surface area contributed by atoms with Crippen molar-refractivity contribution in [1.82, 2.24) is 4.98 Å². The summed E-state index contributed by atoms with van der Waals surface area (Å²) < 4.78 is 30.2. The van der Waals surface area contributed by atoms with Gasteiger partial charge < -0.3 is 19.5 Å². The Morgan fingerprint density at radius 3 is 2.33 bits per heavy atom. The zero-order valence-corrected chi connectivity index (χ0v) is 22.4. The molecule has 192 valence electrons. The normalized spacial score (nSPS) is 11.2. The Morgan fingerprint density at radius 2 is 1.72 bits per heavy atom. The minimum absolute atomic E-state index is 0.0805. The number of hydrogen-bond donors (Lipinski definition) is 1. The van der Waals surface area contributed by atoms with Crippen molar-refractivity contribution in [2.75, 3.05) is 26.1 Å². The lowest BCUT2D eigenvalue weighted by molar-refractivity contribution is 0.0988. The topological polar surface area (TPSA) is 69.7 Å². The number of ketones is 1. The van der Waals surface area contributed by atoms with E-state index in [0.29, 0.717) is 34.9 Å². The number of aromatic nitrogens is 1. The van der Waals surface area contributed by atoms with Crippen molar-refractivity contribution in [3.63, 3.8) is 0 Å². The highest BCUT2D eigenvalue weighted by Gasteiger charge is 2.24. The van der Waals surface area contributed by atoms with Gasteiger partial charge in [0.1, 0.15) is 11.6 Å². The predicted octanol–water partition coefficient (Wildman–Crippen LogP) is 6.80. The molecule has 0 bridgehead atoms. The molecular formula is C27H29Cl2FN2O4. The van der Waals surface area contributed by atoms with Gasteiger partial charge in [0.15, 0.2) is 17.3 Å². The third-order valence-corrected chi connectivity index (χ3v) is 5.98. The summed E-state index contributed by atoms with van der Waals surface area (Å²) in [4.78, 5) is 17.8. The van der Waals surface area contributed by atoms with Crippen LogP contribution in [-0.2, 0) is 12.8 Å². The molecular weight excluding hydrogens is 506 g/mol. The molecule has 36 heavy (non-hydrogen) atoms. The first kappa shape index (κ1) is 27.6. The van der Waals surface area contributed by atoms with Crippen molar-refractivity contribution in [3.8, 4) is 17.2 Å². The molecule has 0 atom stereocenters. The van der Waals surface area contributed by atoms with Crippen LogP contribution in [0.25, 0.3) is 0 Å². The van der Waals surface area contributed by atoms with E-state index < -0.39 is 0 Å². The van der Waals surface area contributed by atoms with Gasteiger partial charge in [-0.25, -0.2) is 9.37 Å². The molecule has 0 amide bonds. The van der Waals surface area contributed by atoms with E-state index in [0.717, 1.165) is 5.56 Å². The van der Waals surface area contributed by atoms with Gasteiger partial charge in [0.05, 0.1) is 36.4 Å². The van der Waals surface area contributed by atoms with Crippen molar-refractivity contribution < 1.29 is 23.4 Å². The maximum atomic E-state index is 13.5. The molecule has 0 saturated heterocycles. The monoisotopic (exact) mass is 534 g/mol. The van der Waals surface area contributed by atoms with Gasteiger partial charge in [-0.1, -0.05) is 35.3 Å². The molecule has 2 aromatic carbocycles. The van der Waals surface area contributed by atoms with E-state index in [-0.39, 0.29) is 46.0 Å². The molecule has 1 aromatic heterocycles. The zero-order valence-electron chi connectivity index (χ0n) is 20.9. The number of anilines is 1. The number of benzene rings is 2. The first-order chi connectivity index (χ1) is 17.0. The number of carbonyl (C=O) groups excluding carboxylic acids is 1. The average Bonchev–Trinajstić information content (AvgIpc) is 2.83. The Bertz CT molecular complexity index is 1230. The molecule has 0 aliphatic heterocycles. The molecule has 1 heterocycles. The molecule has 0 saturated carbocycles. The number of nitrogens with one attached hydrogen (secondary N) is 1. The lowest BCUT2D eigenvalue weighted by atomic mass is 10.0. The number of carbonyl (C=O) groups is 1. The average molecular weight is 535 g/mol. The summed E-state index contributed by atoms with van der Waals surface area (Å²) in [6.07, 6.45) is 1.89. The van der Waals surface area contributed by atoms with Crippen molar-refractivity contribution >= 4 is 34.8 Å². The maximum absolute atomic E-state index is 13.5. The highest BCUT2D eigenvalue weighted by Crippen LogP contribution is 2.41. The summed E-state index contributed by atoms with van der Waals surface area (Å²) in [5, 5.41) is 3.79. The molecule has 0 aliphatic carbocycles. The number of methoxy groups -OCH3 is 2. The van der Waals surface area contributed by atoms with Gasteiger partial charge in [0.25, 0.3) is 0 Å². The molecule has 3 rings (SSSR count). The van der Waals surface area contributed by atoms with Gasteiger partial charge in [0.2, 0.25) is 5.75 Å². The third kappa shape index (κ3) is 6.80. The fourth-order valence-electron chi connectivity index (χ4n) is 3.55. The van der Waals surface area contributed by atoms with Crippen molar-refractivity contribution in [3.05, 3.63) is 75.1 Å². The first-order valence-corrected chi connectivity index (χ1v) is 12.1. The zero-order chi connectivity index (χ0) is 26.5. The fourth-order valence-corrected chi connectivity index (χ4v) is 4.07. The number of pyridine rings is 1. The second kappa shape index (κ2) is 11.8. The van der Waals surface area contributed by atoms with E-state index in [1.165, 1.54) is 32.5 Å². The number of Topliss-reactive ketones (excluding diaryl/α,β-unsaturated/α-hetero) is 1. The minimum Gasteiger partial charge on any atom is -0.493 e. The summed E-state index contributed by atoms with van der Waals surface area (Å²) in [6.45, 7) is 6.16. The number of halogens is 3. The Labute approximate surface area is 220 Å². The van der Waals surface area contributed by atoms with Gasteiger partial charge in [-0.2, -0.15) is 0 Å². The van der Waals surface area contributed by atoms with Crippen molar-refractivity contribution in [2.24, 2.45) is 0 Å². The lowest BCUT2D eigenvalue weighted by Gasteiger charge is -2.23.